The van der Waals surface area contributed by atoms with Crippen molar-refractivity contribution in [2.45, 2.75) is 38.0 Å². The lowest BCUT2D eigenvalue weighted by molar-refractivity contribution is -0.151. The van der Waals surface area contributed by atoms with Gasteiger partial charge < -0.3 is 14.8 Å². The number of hydrogen-bond acceptors (Lipinski definition) is 8. The normalized spacial score (nSPS) is 22.6. The first-order valence-corrected chi connectivity index (χ1v) is 13.4. The summed E-state index contributed by atoms with van der Waals surface area (Å²) in [4.78, 5) is 40.5. The van der Waals surface area contributed by atoms with Crippen LogP contribution in [0.15, 0.2) is 51.7 Å². The number of nitrogens with one attached hydrogen (secondary N) is 1. The van der Waals surface area contributed by atoms with Crippen molar-refractivity contribution in [3.63, 3.8) is 0 Å². The summed E-state index contributed by atoms with van der Waals surface area (Å²) in [6.45, 7) is 6.07. The fraction of sp³-hybridized carbons (Fsp3) is 0.480. The molecule has 8 heteroatoms. The van der Waals surface area contributed by atoms with Crippen LogP contribution in [0.4, 0.5) is 0 Å². The molecule has 1 heterocycles. The van der Waals surface area contributed by atoms with Gasteiger partial charge in [0.25, 0.3) is 0 Å². The van der Waals surface area contributed by atoms with Crippen molar-refractivity contribution in [1.82, 2.24) is 5.32 Å². The van der Waals surface area contributed by atoms with Gasteiger partial charge in [0.05, 0.1) is 12.7 Å². The summed E-state index contributed by atoms with van der Waals surface area (Å²) in [7, 11) is 1.30. The Labute approximate surface area is 203 Å². The van der Waals surface area contributed by atoms with Gasteiger partial charge in [-0.15, -0.1) is 11.8 Å². The number of allylic oxidation sites excluding steroid dienone is 3. The maximum Gasteiger partial charge on any atom is 0.336 e. The van der Waals surface area contributed by atoms with E-state index in [1.54, 1.807) is 23.5 Å². The number of carbonyl (C=O) groups is 3. The second-order valence-corrected chi connectivity index (χ2v) is 10.4. The van der Waals surface area contributed by atoms with Crippen LogP contribution in [-0.4, -0.2) is 49.2 Å². The van der Waals surface area contributed by atoms with E-state index < -0.39 is 23.8 Å². The highest BCUT2D eigenvalue weighted by Crippen LogP contribution is 2.45. The highest BCUT2D eigenvalue weighted by molar-refractivity contribution is 7.99. The number of thioether (sulfide) groups is 2. The van der Waals surface area contributed by atoms with Crippen LogP contribution < -0.4 is 5.32 Å². The molecule has 3 rings (SSSR count). The van der Waals surface area contributed by atoms with Crippen molar-refractivity contribution in [2.24, 2.45) is 11.8 Å². The molecular weight excluding hydrogens is 458 g/mol. The van der Waals surface area contributed by atoms with Crippen molar-refractivity contribution in [2.75, 3.05) is 31.5 Å². The minimum absolute atomic E-state index is 0.205. The van der Waals surface area contributed by atoms with Gasteiger partial charge in [-0.1, -0.05) is 26.0 Å². The van der Waals surface area contributed by atoms with Crippen LogP contribution in [-0.2, 0) is 23.9 Å². The zero-order valence-electron chi connectivity index (χ0n) is 19.7. The van der Waals surface area contributed by atoms with Gasteiger partial charge in [-0.05, 0) is 49.0 Å². The van der Waals surface area contributed by atoms with Crippen LogP contribution in [0.2, 0.25) is 0 Å². The molecule has 1 N–H and O–H groups in total. The number of benzene rings is 1. The molecule has 0 bridgehead atoms. The summed E-state index contributed by atoms with van der Waals surface area (Å²) in [5, 5.41) is 3.29. The Bertz CT molecular complexity index is 983. The Morgan fingerprint density at radius 1 is 1.21 bits per heavy atom. The molecule has 1 aliphatic carbocycles. The molecule has 178 valence electrons. The van der Waals surface area contributed by atoms with Crippen molar-refractivity contribution < 1.29 is 23.9 Å². The van der Waals surface area contributed by atoms with Gasteiger partial charge in [-0.3, -0.25) is 9.59 Å². The Hall–Kier alpha value is -2.19. The number of dihydropyridines is 1. The lowest BCUT2D eigenvalue weighted by atomic mass is 9.69. The molecule has 0 amide bonds. The molecule has 1 aromatic rings. The van der Waals surface area contributed by atoms with Gasteiger partial charge in [-0.25, -0.2) is 4.79 Å². The fourth-order valence-electron chi connectivity index (χ4n) is 4.50. The molecule has 6 nitrogen and oxygen atoms in total. The highest BCUT2D eigenvalue weighted by atomic mass is 32.2. The first-order valence-electron chi connectivity index (χ1n) is 11.1. The second-order valence-electron chi connectivity index (χ2n) is 8.14. The summed E-state index contributed by atoms with van der Waals surface area (Å²) >= 11 is 3.32. The quantitative estimate of drug-likeness (QED) is 0.250. The molecule has 0 radical (unpaired) electrons. The number of carbonyl (C=O) groups excluding carboxylic acids is 3. The Morgan fingerprint density at radius 3 is 2.52 bits per heavy atom. The standard InChI is InChI=1S/C25H31NO5S2/c1-6-33-12-11-31-25(29)20-15(3)26-18-13-14(2)19(24(28)30-4)23(27)22(18)21(20)16-7-9-17(32-5)10-8-16/h7-10,14,19,21,26H,6,11-13H2,1-5H3/t14-,19-,21-/m1/s1. The van der Waals surface area contributed by atoms with E-state index in [2.05, 4.69) is 12.2 Å². The fourth-order valence-corrected chi connectivity index (χ4v) is 5.39. The summed E-state index contributed by atoms with van der Waals surface area (Å²) in [5.74, 6) is -1.31. The number of Topliss-reactive ketones (excluding diaryl/α,β-unsaturated/α-hetero) is 1. The summed E-state index contributed by atoms with van der Waals surface area (Å²) < 4.78 is 10.5. The van der Waals surface area contributed by atoms with Crippen molar-refractivity contribution in [1.29, 1.82) is 0 Å². The topological polar surface area (TPSA) is 81.7 Å². The minimum Gasteiger partial charge on any atom is -0.468 e. The number of ether oxygens (including phenoxy) is 2. The molecule has 0 unspecified atom stereocenters. The first kappa shape index (κ1) is 25.4. The van der Waals surface area contributed by atoms with E-state index in [0.29, 0.717) is 35.6 Å². The SMILES string of the molecule is CCSCCOC(=O)C1=C(C)NC2=C(C(=O)[C@H](C(=O)OC)[C@H](C)C2)[C@@H]1c1ccc(SC)cc1. The van der Waals surface area contributed by atoms with Gasteiger partial charge in [0.2, 0.25) is 0 Å². The largest absolute Gasteiger partial charge is 0.468 e. The van der Waals surface area contributed by atoms with Crippen LogP contribution in [0.25, 0.3) is 0 Å². The van der Waals surface area contributed by atoms with E-state index >= 15 is 0 Å². The van der Waals surface area contributed by atoms with E-state index in [0.717, 1.165) is 21.9 Å². The maximum atomic E-state index is 13.7. The summed E-state index contributed by atoms with van der Waals surface area (Å²) in [6, 6.07) is 7.84. The van der Waals surface area contributed by atoms with Crippen molar-refractivity contribution >= 4 is 41.2 Å². The van der Waals surface area contributed by atoms with Gasteiger partial charge in [0.15, 0.2) is 5.78 Å². The Kier molecular flexibility index (Phi) is 8.70. The van der Waals surface area contributed by atoms with Crippen LogP contribution in [0.3, 0.4) is 0 Å². The van der Waals surface area contributed by atoms with E-state index in [4.69, 9.17) is 9.47 Å². The first-order chi connectivity index (χ1) is 15.8. The lowest BCUT2D eigenvalue weighted by Crippen LogP contribution is -2.43. The average Bonchev–Trinajstić information content (AvgIpc) is 2.80. The molecule has 33 heavy (non-hydrogen) atoms. The third-order valence-electron chi connectivity index (χ3n) is 6.08. The molecule has 0 spiro atoms. The minimum atomic E-state index is -0.889. The maximum absolute atomic E-state index is 13.7. The van der Waals surface area contributed by atoms with Crippen LogP contribution in [0, 0.1) is 11.8 Å². The van der Waals surface area contributed by atoms with E-state index in [1.807, 2.05) is 44.4 Å². The number of esters is 2. The number of rotatable bonds is 8. The van der Waals surface area contributed by atoms with Gasteiger partial charge >= 0.3 is 11.9 Å². The van der Waals surface area contributed by atoms with E-state index in [-0.39, 0.29) is 11.7 Å². The van der Waals surface area contributed by atoms with E-state index in [1.165, 1.54) is 7.11 Å². The predicted octanol–water partition coefficient (Wildman–Crippen LogP) is 4.32. The Balaban J connectivity index is 2.06. The van der Waals surface area contributed by atoms with E-state index in [9.17, 15) is 14.4 Å². The molecule has 1 aliphatic heterocycles. The Morgan fingerprint density at radius 2 is 1.91 bits per heavy atom. The lowest BCUT2D eigenvalue weighted by Gasteiger charge is -2.38. The zero-order valence-corrected chi connectivity index (χ0v) is 21.4. The van der Waals surface area contributed by atoms with Gasteiger partial charge in [0.1, 0.15) is 12.5 Å². The van der Waals surface area contributed by atoms with Gasteiger partial charge in [-0.2, -0.15) is 11.8 Å². The van der Waals surface area contributed by atoms with Crippen LogP contribution in [0.1, 0.15) is 38.7 Å². The third kappa shape index (κ3) is 5.32. The van der Waals surface area contributed by atoms with Crippen molar-refractivity contribution in [3.8, 4) is 0 Å². The van der Waals surface area contributed by atoms with Gasteiger partial charge in [0, 0.05) is 33.5 Å². The third-order valence-corrected chi connectivity index (χ3v) is 7.68. The monoisotopic (exact) mass is 489 g/mol. The molecule has 3 atom stereocenters. The zero-order chi connectivity index (χ0) is 24.1. The molecule has 2 aliphatic rings. The molecular formula is C25H31NO5S2. The van der Waals surface area contributed by atoms with Crippen LogP contribution in [0.5, 0.6) is 0 Å². The predicted molar refractivity (Wildman–Crippen MR) is 132 cm³/mol. The number of ketones is 1. The highest BCUT2D eigenvalue weighted by Gasteiger charge is 2.47. The smallest absolute Gasteiger partial charge is 0.336 e. The number of methoxy groups -OCH3 is 1. The molecule has 0 saturated heterocycles. The molecule has 0 saturated carbocycles. The summed E-state index contributed by atoms with van der Waals surface area (Å²) in [5.41, 5.74) is 3.14. The molecule has 0 aromatic heterocycles. The molecule has 0 fully saturated rings. The number of hydrogen-bond donors (Lipinski definition) is 1. The summed E-state index contributed by atoms with van der Waals surface area (Å²) in [6.07, 6.45) is 2.52. The van der Waals surface area contributed by atoms with Crippen LogP contribution >= 0.6 is 23.5 Å². The second kappa shape index (κ2) is 11.3. The van der Waals surface area contributed by atoms with Crippen molar-refractivity contribution in [3.05, 3.63) is 52.4 Å². The average molecular weight is 490 g/mol. The molecule has 1 aromatic carbocycles.